The molecular formula is C24H34N2O3. The monoisotopic (exact) mass is 398 g/mol. The Kier molecular flexibility index (Phi) is 6.66. The standard InChI is InChI=1S/C23H30N2O3.CH4/c1-23(15-26,12-11-18-14-24-20-8-3-2-7-19(18)20)25-22(27)28-21-10-9-16-5-4-6-17(21)13-16;/h2-3,7-8,14-17,21,24H,4-6,9-13H2,1H3,(H,25,27);1H4. The Hall–Kier alpha value is -2.30. The molecular weight excluding hydrogens is 364 g/mol. The first-order valence-electron chi connectivity index (χ1n) is 10.6. The van der Waals surface area contributed by atoms with Crippen molar-refractivity contribution in [1.82, 2.24) is 10.3 Å². The van der Waals surface area contributed by atoms with Gasteiger partial charge < -0.3 is 19.8 Å². The van der Waals surface area contributed by atoms with E-state index in [1.54, 1.807) is 6.92 Å². The fraction of sp³-hybridized carbons (Fsp3) is 0.583. The van der Waals surface area contributed by atoms with Gasteiger partial charge in [0, 0.05) is 17.1 Å². The molecule has 2 bridgehead atoms. The molecule has 2 N–H and O–H groups in total. The Morgan fingerprint density at radius 3 is 2.93 bits per heavy atom. The zero-order valence-corrected chi connectivity index (χ0v) is 16.6. The van der Waals surface area contributed by atoms with E-state index in [4.69, 9.17) is 4.74 Å². The molecule has 4 rings (SSSR count). The fourth-order valence-corrected chi connectivity index (χ4v) is 5.01. The van der Waals surface area contributed by atoms with E-state index in [0.717, 1.165) is 47.9 Å². The van der Waals surface area contributed by atoms with Gasteiger partial charge in [-0.3, -0.25) is 0 Å². The summed E-state index contributed by atoms with van der Waals surface area (Å²) < 4.78 is 5.77. The summed E-state index contributed by atoms with van der Waals surface area (Å²) >= 11 is 0. The van der Waals surface area contributed by atoms with E-state index in [2.05, 4.69) is 16.4 Å². The van der Waals surface area contributed by atoms with Gasteiger partial charge in [0.05, 0.1) is 5.54 Å². The minimum atomic E-state index is -0.931. The molecule has 2 fully saturated rings. The van der Waals surface area contributed by atoms with Crippen LogP contribution in [0.5, 0.6) is 0 Å². The van der Waals surface area contributed by atoms with E-state index < -0.39 is 11.6 Å². The Labute approximate surface area is 173 Å². The van der Waals surface area contributed by atoms with Crippen molar-refractivity contribution in [2.75, 3.05) is 0 Å². The number of nitrogens with one attached hydrogen (secondary N) is 2. The van der Waals surface area contributed by atoms with Crippen molar-refractivity contribution < 1.29 is 14.3 Å². The van der Waals surface area contributed by atoms with E-state index >= 15 is 0 Å². The summed E-state index contributed by atoms with van der Waals surface area (Å²) in [4.78, 5) is 27.6. The third-order valence-electron chi connectivity index (χ3n) is 6.70. The van der Waals surface area contributed by atoms with Crippen LogP contribution in [0.2, 0.25) is 0 Å². The smallest absolute Gasteiger partial charge is 0.408 e. The molecule has 2 aliphatic carbocycles. The van der Waals surface area contributed by atoms with E-state index in [9.17, 15) is 9.59 Å². The number of alkyl carbamates (subject to hydrolysis) is 1. The number of para-hydroxylation sites is 1. The molecule has 0 saturated heterocycles. The average molecular weight is 399 g/mol. The van der Waals surface area contributed by atoms with Gasteiger partial charge in [-0.15, -0.1) is 0 Å². The summed E-state index contributed by atoms with van der Waals surface area (Å²) in [5, 5.41) is 3.99. The van der Waals surface area contributed by atoms with Crippen LogP contribution in [0.1, 0.15) is 64.9 Å². The molecule has 0 aliphatic heterocycles. The number of hydrogen-bond donors (Lipinski definition) is 2. The Bertz CT molecular complexity index is 846. The number of carbonyl (C=O) groups is 2. The number of hydrogen-bond acceptors (Lipinski definition) is 3. The molecule has 0 radical (unpaired) electrons. The molecule has 2 aromatic rings. The van der Waals surface area contributed by atoms with E-state index in [1.807, 2.05) is 24.4 Å². The van der Waals surface area contributed by atoms with Crippen molar-refractivity contribution in [3.63, 3.8) is 0 Å². The van der Waals surface area contributed by atoms with Crippen molar-refractivity contribution in [3.8, 4) is 0 Å². The predicted octanol–water partition coefficient (Wildman–Crippen LogP) is 5.39. The van der Waals surface area contributed by atoms with Gasteiger partial charge in [0.1, 0.15) is 12.4 Å². The minimum Gasteiger partial charge on any atom is -0.446 e. The third-order valence-corrected chi connectivity index (χ3v) is 6.70. The number of benzene rings is 1. The number of amides is 1. The average Bonchev–Trinajstić information content (AvgIpc) is 3.12. The lowest BCUT2D eigenvalue weighted by Crippen LogP contribution is -2.49. The fourth-order valence-electron chi connectivity index (χ4n) is 5.01. The van der Waals surface area contributed by atoms with Gasteiger partial charge in [0.15, 0.2) is 0 Å². The van der Waals surface area contributed by atoms with Crippen LogP contribution in [0, 0.1) is 11.8 Å². The molecule has 1 aromatic carbocycles. The van der Waals surface area contributed by atoms with Crippen molar-refractivity contribution in [1.29, 1.82) is 0 Å². The number of aldehydes is 1. The van der Waals surface area contributed by atoms with E-state index in [-0.39, 0.29) is 13.5 Å². The molecule has 2 saturated carbocycles. The zero-order chi connectivity index (χ0) is 19.6. The lowest BCUT2D eigenvalue weighted by Gasteiger charge is -2.39. The maximum absolute atomic E-state index is 12.5. The third kappa shape index (κ3) is 4.82. The van der Waals surface area contributed by atoms with Gasteiger partial charge in [-0.2, -0.15) is 0 Å². The topological polar surface area (TPSA) is 71.2 Å². The Morgan fingerprint density at radius 2 is 2.10 bits per heavy atom. The molecule has 5 nitrogen and oxygen atoms in total. The first-order valence-corrected chi connectivity index (χ1v) is 10.6. The second-order valence-corrected chi connectivity index (χ2v) is 8.83. The van der Waals surface area contributed by atoms with Crippen molar-refractivity contribution in [3.05, 3.63) is 36.0 Å². The van der Waals surface area contributed by atoms with Gasteiger partial charge in [-0.05, 0) is 68.9 Å². The minimum absolute atomic E-state index is 0. The lowest BCUT2D eigenvalue weighted by atomic mass is 9.71. The quantitative estimate of drug-likeness (QED) is 0.641. The van der Waals surface area contributed by atoms with E-state index in [0.29, 0.717) is 18.8 Å². The van der Waals surface area contributed by atoms with Crippen molar-refractivity contribution in [2.24, 2.45) is 11.8 Å². The summed E-state index contributed by atoms with van der Waals surface area (Å²) in [6.07, 6.45) is 10.6. The highest BCUT2D eigenvalue weighted by Gasteiger charge is 2.36. The van der Waals surface area contributed by atoms with Gasteiger partial charge >= 0.3 is 6.09 Å². The molecule has 5 heteroatoms. The molecule has 1 aromatic heterocycles. The lowest BCUT2D eigenvalue weighted by molar-refractivity contribution is -0.113. The van der Waals surface area contributed by atoms with Crippen LogP contribution in [-0.2, 0) is 16.0 Å². The summed E-state index contributed by atoms with van der Waals surface area (Å²) in [5.74, 6) is 1.31. The highest BCUT2D eigenvalue weighted by Crippen LogP contribution is 2.41. The number of aryl methyl sites for hydroxylation is 1. The number of rotatable bonds is 6. The molecule has 158 valence electrons. The first-order chi connectivity index (χ1) is 13.6. The van der Waals surface area contributed by atoms with Crippen molar-refractivity contribution >= 4 is 23.3 Å². The Morgan fingerprint density at radius 1 is 1.28 bits per heavy atom. The molecule has 29 heavy (non-hydrogen) atoms. The van der Waals surface area contributed by atoms with Crippen LogP contribution in [-0.4, -0.2) is 29.0 Å². The molecule has 1 heterocycles. The van der Waals surface area contributed by atoms with Crippen molar-refractivity contribution in [2.45, 2.75) is 77.4 Å². The number of aromatic nitrogens is 1. The molecule has 1 amide bonds. The zero-order valence-electron chi connectivity index (χ0n) is 16.6. The number of H-pyrrole nitrogens is 1. The van der Waals surface area contributed by atoms with Crippen LogP contribution in [0.15, 0.2) is 30.5 Å². The molecule has 4 unspecified atom stereocenters. The van der Waals surface area contributed by atoms with Crippen LogP contribution in [0.3, 0.4) is 0 Å². The number of aromatic amines is 1. The summed E-state index contributed by atoms with van der Waals surface area (Å²) in [6, 6.07) is 8.11. The normalized spacial score (nSPS) is 25.5. The highest BCUT2D eigenvalue weighted by molar-refractivity contribution is 5.83. The highest BCUT2D eigenvalue weighted by atomic mass is 16.6. The first kappa shape index (κ1) is 21.4. The largest absolute Gasteiger partial charge is 0.446 e. The van der Waals surface area contributed by atoms with Gasteiger partial charge in [-0.1, -0.05) is 38.5 Å². The second kappa shape index (κ2) is 9.02. The second-order valence-electron chi connectivity index (χ2n) is 8.83. The summed E-state index contributed by atoms with van der Waals surface area (Å²) in [7, 11) is 0. The van der Waals surface area contributed by atoms with E-state index in [1.165, 1.54) is 19.3 Å². The van der Waals surface area contributed by atoms with Crippen LogP contribution < -0.4 is 5.32 Å². The molecule has 4 atom stereocenters. The SMILES string of the molecule is C.CC(C=O)(CCc1c[nH]c2ccccc12)NC(=O)OC1CCC2CCCC1C2. The van der Waals surface area contributed by atoms with Crippen LogP contribution in [0.4, 0.5) is 4.79 Å². The van der Waals surface area contributed by atoms with Crippen LogP contribution in [0.25, 0.3) is 10.9 Å². The summed E-state index contributed by atoms with van der Waals surface area (Å²) in [5.41, 5.74) is 1.30. The van der Waals surface area contributed by atoms with Gasteiger partial charge in [-0.25, -0.2) is 4.79 Å². The molecule has 0 spiro atoms. The number of fused-ring (bicyclic) bond motifs is 3. The maximum atomic E-state index is 12.5. The number of carbonyl (C=O) groups excluding carboxylic acids is 2. The van der Waals surface area contributed by atoms with Gasteiger partial charge in [0.2, 0.25) is 0 Å². The predicted molar refractivity (Wildman–Crippen MR) is 116 cm³/mol. The maximum Gasteiger partial charge on any atom is 0.408 e. The molecule has 2 aliphatic rings. The van der Waals surface area contributed by atoms with Crippen LogP contribution >= 0.6 is 0 Å². The number of ether oxygens (including phenoxy) is 1. The Balaban J connectivity index is 0.00000240. The van der Waals surface area contributed by atoms with Gasteiger partial charge in [0.25, 0.3) is 0 Å². The summed E-state index contributed by atoms with van der Waals surface area (Å²) in [6.45, 7) is 1.77.